The van der Waals surface area contributed by atoms with Crippen LogP contribution in [0.1, 0.15) is 12.5 Å². The van der Waals surface area contributed by atoms with Gasteiger partial charge in [0, 0.05) is 28.7 Å². The highest BCUT2D eigenvalue weighted by atomic mass is 35.5. The van der Waals surface area contributed by atoms with Crippen LogP contribution in [0.5, 0.6) is 5.75 Å². The summed E-state index contributed by atoms with van der Waals surface area (Å²) in [6, 6.07) is 15.2. The van der Waals surface area contributed by atoms with Crippen LogP contribution in [0, 0.1) is 0 Å². The van der Waals surface area contributed by atoms with Gasteiger partial charge in [-0.1, -0.05) is 35.9 Å². The molecule has 0 saturated carbocycles. The van der Waals surface area contributed by atoms with E-state index < -0.39 is 6.10 Å². The SMILES string of the molecule is C[C@@H](Oc1cccc(Cl)c1)C(=O)NCCc1c[nH]c2ccccc12. The fourth-order valence-electron chi connectivity index (χ4n) is 2.60. The number of H-pyrrole nitrogens is 1. The Labute approximate surface area is 145 Å². The van der Waals surface area contributed by atoms with Crippen molar-refractivity contribution in [3.8, 4) is 5.75 Å². The summed E-state index contributed by atoms with van der Waals surface area (Å²) in [4.78, 5) is 15.4. The first kappa shape index (κ1) is 16.4. The van der Waals surface area contributed by atoms with Gasteiger partial charge in [-0.2, -0.15) is 0 Å². The Balaban J connectivity index is 1.51. The third kappa shape index (κ3) is 3.89. The van der Waals surface area contributed by atoms with Crippen molar-refractivity contribution in [1.29, 1.82) is 0 Å². The molecule has 0 spiro atoms. The number of carbonyl (C=O) groups is 1. The van der Waals surface area contributed by atoms with Gasteiger partial charge < -0.3 is 15.0 Å². The molecule has 24 heavy (non-hydrogen) atoms. The number of aromatic nitrogens is 1. The first-order valence-electron chi connectivity index (χ1n) is 7.88. The van der Waals surface area contributed by atoms with Gasteiger partial charge in [0.15, 0.2) is 6.10 Å². The van der Waals surface area contributed by atoms with Gasteiger partial charge >= 0.3 is 0 Å². The van der Waals surface area contributed by atoms with Crippen LogP contribution in [0.3, 0.4) is 0 Å². The van der Waals surface area contributed by atoms with Gasteiger partial charge in [-0.15, -0.1) is 0 Å². The number of carbonyl (C=O) groups excluding carboxylic acids is 1. The molecule has 1 aromatic heterocycles. The van der Waals surface area contributed by atoms with E-state index in [9.17, 15) is 4.79 Å². The molecule has 1 heterocycles. The van der Waals surface area contributed by atoms with Crippen LogP contribution in [0.4, 0.5) is 0 Å². The van der Waals surface area contributed by atoms with Crippen molar-refractivity contribution in [1.82, 2.24) is 10.3 Å². The molecule has 0 aliphatic rings. The standard InChI is InChI=1S/C19H19ClN2O2/c1-13(24-16-6-4-5-15(20)11-16)19(23)21-10-9-14-12-22-18-8-3-2-7-17(14)18/h2-8,11-13,22H,9-10H2,1H3,(H,21,23)/t13-/m1/s1. The Morgan fingerprint density at radius 1 is 1.25 bits per heavy atom. The Kier molecular flexibility index (Phi) is 5.06. The highest BCUT2D eigenvalue weighted by molar-refractivity contribution is 6.30. The molecular weight excluding hydrogens is 324 g/mol. The number of nitrogens with one attached hydrogen (secondary N) is 2. The van der Waals surface area contributed by atoms with E-state index in [1.165, 1.54) is 10.9 Å². The van der Waals surface area contributed by atoms with Crippen molar-refractivity contribution in [3.63, 3.8) is 0 Å². The van der Waals surface area contributed by atoms with Crippen LogP contribution in [0.2, 0.25) is 5.02 Å². The van der Waals surface area contributed by atoms with Gasteiger partial charge in [-0.25, -0.2) is 0 Å². The number of fused-ring (bicyclic) bond motifs is 1. The number of hydrogen-bond acceptors (Lipinski definition) is 2. The molecule has 0 fully saturated rings. The molecule has 0 unspecified atom stereocenters. The Hall–Kier alpha value is -2.46. The zero-order valence-corrected chi connectivity index (χ0v) is 14.1. The first-order chi connectivity index (χ1) is 11.6. The summed E-state index contributed by atoms with van der Waals surface area (Å²) in [7, 11) is 0. The van der Waals surface area contributed by atoms with E-state index in [1.54, 1.807) is 31.2 Å². The lowest BCUT2D eigenvalue weighted by atomic mass is 10.1. The Morgan fingerprint density at radius 3 is 2.92 bits per heavy atom. The van der Waals surface area contributed by atoms with Crippen molar-refractivity contribution in [2.45, 2.75) is 19.4 Å². The molecule has 0 aliphatic carbocycles. The molecule has 124 valence electrons. The van der Waals surface area contributed by atoms with E-state index in [0.29, 0.717) is 17.3 Å². The Bertz CT molecular complexity index is 844. The number of para-hydroxylation sites is 1. The second kappa shape index (κ2) is 7.41. The molecule has 4 nitrogen and oxygen atoms in total. The summed E-state index contributed by atoms with van der Waals surface area (Å²) in [6.07, 6.45) is 2.17. The van der Waals surface area contributed by atoms with E-state index in [2.05, 4.69) is 16.4 Å². The number of halogens is 1. The highest BCUT2D eigenvalue weighted by Gasteiger charge is 2.14. The third-order valence-corrected chi connectivity index (χ3v) is 4.08. The summed E-state index contributed by atoms with van der Waals surface area (Å²) in [5.74, 6) is 0.441. The van der Waals surface area contributed by atoms with Gasteiger partial charge in [0.2, 0.25) is 0 Å². The van der Waals surface area contributed by atoms with Crippen molar-refractivity contribution in [2.24, 2.45) is 0 Å². The van der Waals surface area contributed by atoms with E-state index in [-0.39, 0.29) is 5.91 Å². The van der Waals surface area contributed by atoms with Gasteiger partial charge in [0.25, 0.3) is 5.91 Å². The normalized spacial score (nSPS) is 12.1. The second-order valence-electron chi connectivity index (χ2n) is 5.62. The number of hydrogen-bond donors (Lipinski definition) is 2. The highest BCUT2D eigenvalue weighted by Crippen LogP contribution is 2.19. The Morgan fingerprint density at radius 2 is 2.08 bits per heavy atom. The van der Waals surface area contributed by atoms with Crippen LogP contribution in [0.15, 0.2) is 54.7 Å². The maximum atomic E-state index is 12.1. The summed E-state index contributed by atoms with van der Waals surface area (Å²) in [5.41, 5.74) is 2.30. The molecule has 5 heteroatoms. The topological polar surface area (TPSA) is 54.1 Å². The average molecular weight is 343 g/mol. The van der Waals surface area contributed by atoms with Crippen LogP contribution in [-0.2, 0) is 11.2 Å². The summed E-state index contributed by atoms with van der Waals surface area (Å²) < 4.78 is 5.61. The number of ether oxygens (including phenoxy) is 1. The number of rotatable bonds is 6. The fourth-order valence-corrected chi connectivity index (χ4v) is 2.78. The minimum Gasteiger partial charge on any atom is -0.481 e. The van der Waals surface area contributed by atoms with Crippen molar-refractivity contribution < 1.29 is 9.53 Å². The van der Waals surface area contributed by atoms with Crippen LogP contribution in [-0.4, -0.2) is 23.5 Å². The smallest absolute Gasteiger partial charge is 0.260 e. The van der Waals surface area contributed by atoms with Crippen LogP contribution in [0.25, 0.3) is 10.9 Å². The third-order valence-electron chi connectivity index (χ3n) is 3.85. The minimum atomic E-state index is -0.577. The fraction of sp³-hybridized carbons (Fsp3) is 0.211. The summed E-state index contributed by atoms with van der Waals surface area (Å²) in [5, 5.41) is 4.68. The molecule has 0 saturated heterocycles. The molecule has 1 atom stereocenters. The quantitative estimate of drug-likeness (QED) is 0.712. The van der Waals surface area contributed by atoms with E-state index in [0.717, 1.165) is 11.9 Å². The molecule has 1 amide bonds. The predicted octanol–water partition coefficient (Wildman–Crippen LogP) is 3.95. The van der Waals surface area contributed by atoms with Gasteiger partial charge in [0.05, 0.1) is 0 Å². The van der Waals surface area contributed by atoms with Crippen LogP contribution < -0.4 is 10.1 Å². The summed E-state index contributed by atoms with van der Waals surface area (Å²) >= 11 is 5.91. The molecular formula is C19H19ClN2O2. The van der Waals surface area contributed by atoms with Crippen molar-refractivity contribution >= 4 is 28.4 Å². The van der Waals surface area contributed by atoms with E-state index in [1.807, 2.05) is 24.4 Å². The van der Waals surface area contributed by atoms with E-state index >= 15 is 0 Å². The second-order valence-corrected chi connectivity index (χ2v) is 6.05. The van der Waals surface area contributed by atoms with Gasteiger partial charge in [-0.3, -0.25) is 4.79 Å². The first-order valence-corrected chi connectivity index (χ1v) is 8.26. The lowest BCUT2D eigenvalue weighted by Gasteiger charge is -2.14. The van der Waals surface area contributed by atoms with E-state index in [4.69, 9.17) is 16.3 Å². The molecule has 2 N–H and O–H groups in total. The minimum absolute atomic E-state index is 0.144. The lowest BCUT2D eigenvalue weighted by molar-refractivity contribution is -0.127. The maximum absolute atomic E-state index is 12.1. The maximum Gasteiger partial charge on any atom is 0.260 e. The average Bonchev–Trinajstić information content (AvgIpc) is 2.98. The molecule has 3 rings (SSSR count). The van der Waals surface area contributed by atoms with Crippen LogP contribution >= 0.6 is 11.6 Å². The lowest BCUT2D eigenvalue weighted by Crippen LogP contribution is -2.37. The molecule has 3 aromatic rings. The molecule has 0 bridgehead atoms. The van der Waals surface area contributed by atoms with Crippen molar-refractivity contribution in [3.05, 3.63) is 65.3 Å². The number of aromatic amines is 1. The van der Waals surface area contributed by atoms with Gasteiger partial charge in [-0.05, 0) is 43.2 Å². The zero-order chi connectivity index (χ0) is 16.9. The summed E-state index contributed by atoms with van der Waals surface area (Å²) in [6.45, 7) is 2.28. The predicted molar refractivity (Wildman–Crippen MR) is 96.6 cm³/mol. The molecule has 0 aliphatic heterocycles. The molecule has 0 radical (unpaired) electrons. The number of benzene rings is 2. The number of amides is 1. The van der Waals surface area contributed by atoms with Gasteiger partial charge in [0.1, 0.15) is 5.75 Å². The largest absolute Gasteiger partial charge is 0.481 e. The zero-order valence-electron chi connectivity index (χ0n) is 13.4. The molecule has 2 aromatic carbocycles. The monoisotopic (exact) mass is 342 g/mol. The van der Waals surface area contributed by atoms with Crippen molar-refractivity contribution in [2.75, 3.05) is 6.54 Å².